The normalized spacial score (nSPS) is 19.9. The van der Waals surface area contributed by atoms with Gasteiger partial charge in [-0.3, -0.25) is 4.79 Å². The predicted molar refractivity (Wildman–Crippen MR) is 52.7 cm³/mol. The molecule has 3 heteroatoms. The number of fused-ring (bicyclic) bond motifs is 1. The van der Waals surface area contributed by atoms with Gasteiger partial charge in [0.1, 0.15) is 6.10 Å². The molecule has 74 valence electrons. The Morgan fingerprint density at radius 3 is 3.07 bits per heavy atom. The molecular formula is C11H13NO2. The Bertz CT molecular complexity index is 349. The molecule has 1 heterocycles. The lowest BCUT2D eigenvalue weighted by Crippen LogP contribution is -2.30. The van der Waals surface area contributed by atoms with Gasteiger partial charge in [-0.2, -0.15) is 0 Å². The van der Waals surface area contributed by atoms with Gasteiger partial charge in [-0.15, -0.1) is 0 Å². The molecule has 0 saturated heterocycles. The van der Waals surface area contributed by atoms with E-state index in [4.69, 9.17) is 4.74 Å². The molecule has 1 aliphatic heterocycles. The van der Waals surface area contributed by atoms with Crippen molar-refractivity contribution >= 4 is 5.97 Å². The summed E-state index contributed by atoms with van der Waals surface area (Å²) in [6.45, 7) is 3.00. The Balaban J connectivity index is 2.26. The molecule has 0 saturated carbocycles. The highest BCUT2D eigenvalue weighted by Crippen LogP contribution is 2.24. The summed E-state index contributed by atoms with van der Waals surface area (Å²) in [5.74, 6) is -0.228. The van der Waals surface area contributed by atoms with Crippen LogP contribution in [0.25, 0.3) is 0 Å². The maximum atomic E-state index is 10.9. The number of carbonyl (C=O) groups is 1. The average Bonchev–Trinajstić information content (AvgIpc) is 2.18. The second-order valence-corrected chi connectivity index (χ2v) is 3.43. The van der Waals surface area contributed by atoms with E-state index in [2.05, 4.69) is 11.4 Å². The quantitative estimate of drug-likeness (QED) is 0.682. The highest BCUT2D eigenvalue weighted by atomic mass is 16.5. The lowest BCUT2D eigenvalue weighted by atomic mass is 9.99. The third-order valence-corrected chi connectivity index (χ3v) is 2.36. The highest BCUT2D eigenvalue weighted by molar-refractivity contribution is 5.66. The molecule has 2 rings (SSSR count). The molecule has 0 amide bonds. The summed E-state index contributed by atoms with van der Waals surface area (Å²) >= 11 is 0. The van der Waals surface area contributed by atoms with E-state index in [-0.39, 0.29) is 12.1 Å². The minimum absolute atomic E-state index is 0.127. The summed E-state index contributed by atoms with van der Waals surface area (Å²) in [7, 11) is 0. The van der Waals surface area contributed by atoms with Gasteiger partial charge in [0.05, 0.1) is 0 Å². The number of carbonyl (C=O) groups excluding carboxylic acids is 1. The van der Waals surface area contributed by atoms with E-state index >= 15 is 0 Å². The van der Waals surface area contributed by atoms with Crippen molar-refractivity contribution < 1.29 is 9.53 Å². The van der Waals surface area contributed by atoms with Crippen LogP contribution in [-0.2, 0) is 16.1 Å². The molecule has 0 aliphatic carbocycles. The second kappa shape index (κ2) is 3.80. The van der Waals surface area contributed by atoms with Gasteiger partial charge in [0, 0.05) is 20.0 Å². The van der Waals surface area contributed by atoms with Crippen molar-refractivity contribution in [3.8, 4) is 0 Å². The summed E-state index contributed by atoms with van der Waals surface area (Å²) in [6.07, 6.45) is -0.127. The lowest BCUT2D eigenvalue weighted by Gasteiger charge is -2.25. The van der Waals surface area contributed by atoms with Crippen LogP contribution in [-0.4, -0.2) is 12.5 Å². The average molecular weight is 191 g/mol. The zero-order chi connectivity index (χ0) is 9.97. The highest BCUT2D eigenvalue weighted by Gasteiger charge is 2.21. The van der Waals surface area contributed by atoms with Crippen molar-refractivity contribution in [2.75, 3.05) is 6.54 Å². The van der Waals surface area contributed by atoms with Crippen molar-refractivity contribution in [3.05, 3.63) is 35.4 Å². The Hall–Kier alpha value is -1.35. The van der Waals surface area contributed by atoms with E-state index in [0.29, 0.717) is 6.54 Å². The molecule has 1 aliphatic rings. The first-order valence-corrected chi connectivity index (χ1v) is 4.73. The van der Waals surface area contributed by atoms with Gasteiger partial charge in [0.15, 0.2) is 0 Å². The van der Waals surface area contributed by atoms with E-state index < -0.39 is 0 Å². The van der Waals surface area contributed by atoms with Crippen LogP contribution in [0.3, 0.4) is 0 Å². The zero-order valence-corrected chi connectivity index (χ0v) is 8.12. The van der Waals surface area contributed by atoms with E-state index in [1.54, 1.807) is 0 Å². The van der Waals surface area contributed by atoms with Crippen molar-refractivity contribution in [3.63, 3.8) is 0 Å². The van der Waals surface area contributed by atoms with Crippen LogP contribution in [0.4, 0.5) is 0 Å². The number of ether oxygens (including phenoxy) is 1. The topological polar surface area (TPSA) is 38.3 Å². The third kappa shape index (κ3) is 1.77. The van der Waals surface area contributed by atoms with Crippen molar-refractivity contribution in [1.29, 1.82) is 0 Å². The van der Waals surface area contributed by atoms with E-state index in [0.717, 1.165) is 12.1 Å². The predicted octanol–water partition coefficient (Wildman–Crippen LogP) is 1.39. The minimum Gasteiger partial charge on any atom is -0.456 e. The molecule has 1 aromatic carbocycles. The van der Waals surface area contributed by atoms with Crippen LogP contribution in [0.1, 0.15) is 24.2 Å². The summed E-state index contributed by atoms with van der Waals surface area (Å²) in [5.41, 5.74) is 2.34. The molecule has 0 aromatic heterocycles. The Morgan fingerprint density at radius 2 is 2.29 bits per heavy atom. The first kappa shape index (κ1) is 9.21. The SMILES string of the molecule is CC(=O)OC1CNCc2ccccc21. The number of hydrogen-bond acceptors (Lipinski definition) is 3. The van der Waals surface area contributed by atoms with Gasteiger partial charge in [-0.05, 0) is 11.1 Å². The van der Waals surface area contributed by atoms with Crippen LogP contribution in [0.5, 0.6) is 0 Å². The Labute approximate surface area is 83.1 Å². The van der Waals surface area contributed by atoms with E-state index in [1.807, 2.05) is 18.2 Å². The molecule has 0 radical (unpaired) electrons. The largest absolute Gasteiger partial charge is 0.456 e. The molecular weight excluding hydrogens is 178 g/mol. The molecule has 14 heavy (non-hydrogen) atoms. The molecule has 0 fully saturated rings. The Morgan fingerprint density at radius 1 is 1.50 bits per heavy atom. The zero-order valence-electron chi connectivity index (χ0n) is 8.12. The number of rotatable bonds is 1. The number of nitrogens with one attached hydrogen (secondary N) is 1. The van der Waals surface area contributed by atoms with Gasteiger partial charge in [-0.1, -0.05) is 24.3 Å². The Kier molecular flexibility index (Phi) is 2.50. The van der Waals surface area contributed by atoms with Gasteiger partial charge in [0.2, 0.25) is 0 Å². The summed E-state index contributed by atoms with van der Waals surface area (Å²) in [6, 6.07) is 8.04. The van der Waals surface area contributed by atoms with Crippen LogP contribution in [0.15, 0.2) is 24.3 Å². The smallest absolute Gasteiger partial charge is 0.303 e. The summed E-state index contributed by atoms with van der Waals surface area (Å²) < 4.78 is 5.22. The molecule has 0 bridgehead atoms. The standard InChI is InChI=1S/C11H13NO2/c1-8(13)14-11-7-12-6-9-4-2-3-5-10(9)11/h2-5,11-12H,6-7H2,1H3. The van der Waals surface area contributed by atoms with Crippen molar-refractivity contribution in [2.45, 2.75) is 19.6 Å². The van der Waals surface area contributed by atoms with Gasteiger partial charge in [0.25, 0.3) is 0 Å². The third-order valence-electron chi connectivity index (χ3n) is 2.36. The first-order valence-electron chi connectivity index (χ1n) is 4.73. The summed E-state index contributed by atoms with van der Waals surface area (Å²) in [5, 5.41) is 3.22. The number of esters is 1. The van der Waals surface area contributed by atoms with Crippen LogP contribution in [0, 0.1) is 0 Å². The van der Waals surface area contributed by atoms with Gasteiger partial charge >= 0.3 is 5.97 Å². The monoisotopic (exact) mass is 191 g/mol. The van der Waals surface area contributed by atoms with Gasteiger partial charge < -0.3 is 10.1 Å². The fourth-order valence-corrected chi connectivity index (χ4v) is 1.76. The van der Waals surface area contributed by atoms with Crippen LogP contribution >= 0.6 is 0 Å². The van der Waals surface area contributed by atoms with E-state index in [1.165, 1.54) is 12.5 Å². The molecule has 1 aromatic rings. The van der Waals surface area contributed by atoms with E-state index in [9.17, 15) is 4.79 Å². The number of benzene rings is 1. The van der Waals surface area contributed by atoms with Crippen molar-refractivity contribution in [1.82, 2.24) is 5.32 Å². The van der Waals surface area contributed by atoms with Crippen molar-refractivity contribution in [2.24, 2.45) is 0 Å². The fraction of sp³-hybridized carbons (Fsp3) is 0.364. The molecule has 1 unspecified atom stereocenters. The second-order valence-electron chi connectivity index (χ2n) is 3.43. The minimum atomic E-state index is -0.228. The molecule has 3 nitrogen and oxygen atoms in total. The maximum Gasteiger partial charge on any atom is 0.303 e. The van der Waals surface area contributed by atoms with Gasteiger partial charge in [-0.25, -0.2) is 0 Å². The molecule has 1 N–H and O–H groups in total. The number of hydrogen-bond donors (Lipinski definition) is 1. The molecule has 0 spiro atoms. The van der Waals surface area contributed by atoms with Crippen LogP contribution < -0.4 is 5.32 Å². The molecule has 1 atom stereocenters. The summed E-state index contributed by atoms with van der Waals surface area (Å²) in [4.78, 5) is 10.9. The maximum absolute atomic E-state index is 10.9. The van der Waals surface area contributed by atoms with Crippen LogP contribution in [0.2, 0.25) is 0 Å². The lowest BCUT2D eigenvalue weighted by molar-refractivity contribution is -0.146. The fourth-order valence-electron chi connectivity index (χ4n) is 1.76. The first-order chi connectivity index (χ1) is 6.77.